The number of aliphatic imine (C=N–C) groups is 1. The fourth-order valence-corrected chi connectivity index (χ4v) is 2.99. The first kappa shape index (κ1) is 22.0. The number of nitrogens with zero attached hydrogens (tertiary/aromatic N) is 2. The molecule has 1 aliphatic rings. The van der Waals surface area contributed by atoms with E-state index in [0.717, 1.165) is 13.0 Å². The van der Waals surface area contributed by atoms with E-state index in [1.54, 1.807) is 0 Å². The summed E-state index contributed by atoms with van der Waals surface area (Å²) in [6, 6.07) is 0.472. The van der Waals surface area contributed by atoms with Crippen LogP contribution in [0, 0.1) is 5.41 Å². The van der Waals surface area contributed by atoms with Crippen LogP contribution in [0.5, 0.6) is 0 Å². The van der Waals surface area contributed by atoms with Crippen LogP contribution >= 0.6 is 12.4 Å². The highest BCUT2D eigenvalue weighted by molar-refractivity contribution is 5.96. The van der Waals surface area contributed by atoms with Gasteiger partial charge < -0.3 is 10.6 Å². The maximum atomic E-state index is 8.11. The van der Waals surface area contributed by atoms with E-state index in [1.165, 1.54) is 64.2 Å². The number of guanidine groups is 2. The summed E-state index contributed by atoms with van der Waals surface area (Å²) in [5, 5.41) is 11.0. The number of unbranched alkanes of at least 4 members (excludes halogenated alkanes) is 5. The van der Waals surface area contributed by atoms with Crippen molar-refractivity contribution in [2.75, 3.05) is 13.6 Å². The molecule has 4 N–H and O–H groups in total. The van der Waals surface area contributed by atoms with Crippen molar-refractivity contribution in [3.63, 3.8) is 0 Å². The Morgan fingerprint density at radius 2 is 1.74 bits per heavy atom. The van der Waals surface area contributed by atoms with Gasteiger partial charge in [0.2, 0.25) is 0 Å². The molecule has 0 unspecified atom stereocenters. The Kier molecular flexibility index (Phi) is 12.9. The van der Waals surface area contributed by atoms with E-state index in [0.29, 0.717) is 18.0 Å². The molecule has 0 aromatic carbocycles. The van der Waals surface area contributed by atoms with Gasteiger partial charge in [0.15, 0.2) is 11.9 Å². The van der Waals surface area contributed by atoms with Gasteiger partial charge in [0.25, 0.3) is 0 Å². The molecular formula is C17H36ClN5. The smallest absolute Gasteiger partial charge is 0.197 e. The van der Waals surface area contributed by atoms with Crippen molar-refractivity contribution in [2.45, 2.75) is 83.6 Å². The summed E-state index contributed by atoms with van der Waals surface area (Å²) < 4.78 is 0. The molecule has 0 amide bonds. The molecule has 0 aliphatic heterocycles. The summed E-state index contributed by atoms with van der Waals surface area (Å²) in [5.74, 6) is 0.748. The minimum Gasteiger partial charge on any atom is -0.370 e. The van der Waals surface area contributed by atoms with Gasteiger partial charge in [-0.05, 0) is 19.3 Å². The lowest BCUT2D eigenvalue weighted by atomic mass is 9.95. The number of nitrogens with two attached hydrogens (primary N) is 1. The van der Waals surface area contributed by atoms with Crippen molar-refractivity contribution in [1.82, 2.24) is 10.2 Å². The summed E-state index contributed by atoms with van der Waals surface area (Å²) in [6.45, 7) is 2.99. The lowest BCUT2D eigenvalue weighted by molar-refractivity contribution is 0.273. The van der Waals surface area contributed by atoms with Crippen molar-refractivity contribution >= 4 is 24.3 Å². The summed E-state index contributed by atoms with van der Waals surface area (Å²) in [5.41, 5.74) is 5.88. The third-order valence-electron chi connectivity index (χ3n) is 4.52. The summed E-state index contributed by atoms with van der Waals surface area (Å²) >= 11 is 0. The average molecular weight is 346 g/mol. The molecule has 0 saturated heterocycles. The molecule has 23 heavy (non-hydrogen) atoms. The predicted octanol–water partition coefficient (Wildman–Crippen LogP) is 3.87. The number of hydrogen-bond acceptors (Lipinski definition) is 2. The first-order valence-electron chi connectivity index (χ1n) is 9.03. The quantitative estimate of drug-likeness (QED) is 0.355. The molecule has 6 heteroatoms. The maximum Gasteiger partial charge on any atom is 0.197 e. The Morgan fingerprint density at radius 3 is 2.39 bits per heavy atom. The van der Waals surface area contributed by atoms with Crippen molar-refractivity contribution in [3.05, 3.63) is 0 Å². The minimum absolute atomic E-state index is 0. The fourth-order valence-electron chi connectivity index (χ4n) is 2.99. The van der Waals surface area contributed by atoms with Crippen molar-refractivity contribution in [3.8, 4) is 0 Å². The van der Waals surface area contributed by atoms with Crippen LogP contribution in [0.4, 0.5) is 0 Å². The third-order valence-corrected chi connectivity index (χ3v) is 4.52. The molecule has 0 bridgehead atoms. The minimum atomic E-state index is 0. The average Bonchev–Trinajstić information content (AvgIpc) is 2.54. The van der Waals surface area contributed by atoms with Gasteiger partial charge in [-0.15, -0.1) is 12.4 Å². The fraction of sp³-hybridized carbons (Fsp3) is 0.882. The highest BCUT2D eigenvalue weighted by atomic mass is 35.5. The second-order valence-corrected chi connectivity index (χ2v) is 6.41. The van der Waals surface area contributed by atoms with Gasteiger partial charge in [-0.1, -0.05) is 58.3 Å². The first-order chi connectivity index (χ1) is 10.6. The van der Waals surface area contributed by atoms with E-state index < -0.39 is 0 Å². The van der Waals surface area contributed by atoms with Gasteiger partial charge in [0.1, 0.15) is 0 Å². The van der Waals surface area contributed by atoms with E-state index in [-0.39, 0.29) is 12.4 Å². The molecule has 0 heterocycles. The highest BCUT2D eigenvalue weighted by Gasteiger charge is 2.20. The second kappa shape index (κ2) is 13.5. The number of halogens is 1. The molecule has 136 valence electrons. The van der Waals surface area contributed by atoms with Crippen LogP contribution < -0.4 is 11.1 Å². The summed E-state index contributed by atoms with van der Waals surface area (Å²) in [6.07, 6.45) is 13.7. The topological polar surface area (TPSA) is 77.5 Å². The molecular weight excluding hydrogens is 310 g/mol. The van der Waals surface area contributed by atoms with Crippen LogP contribution in [0.15, 0.2) is 4.99 Å². The molecule has 1 saturated carbocycles. The van der Waals surface area contributed by atoms with Gasteiger partial charge in [-0.3, -0.25) is 15.7 Å². The second-order valence-electron chi connectivity index (χ2n) is 6.41. The molecule has 0 radical (unpaired) electrons. The number of hydrogen-bond donors (Lipinski definition) is 3. The zero-order valence-corrected chi connectivity index (χ0v) is 15.8. The van der Waals surface area contributed by atoms with Gasteiger partial charge in [-0.2, -0.15) is 0 Å². The molecule has 5 nitrogen and oxygen atoms in total. The zero-order valence-electron chi connectivity index (χ0n) is 14.9. The van der Waals surface area contributed by atoms with Crippen LogP contribution in [-0.2, 0) is 0 Å². The van der Waals surface area contributed by atoms with Crippen LogP contribution in [-0.4, -0.2) is 36.5 Å². The Morgan fingerprint density at radius 1 is 1.13 bits per heavy atom. The van der Waals surface area contributed by atoms with Gasteiger partial charge in [0, 0.05) is 19.6 Å². The van der Waals surface area contributed by atoms with Crippen molar-refractivity contribution in [1.29, 1.82) is 5.41 Å². The molecule has 0 aromatic rings. The molecule has 0 spiro atoms. The van der Waals surface area contributed by atoms with E-state index in [1.807, 2.05) is 11.9 Å². The van der Waals surface area contributed by atoms with Crippen molar-refractivity contribution in [2.24, 2.45) is 10.7 Å². The Balaban J connectivity index is 0.00000484. The van der Waals surface area contributed by atoms with Crippen LogP contribution in [0.3, 0.4) is 0 Å². The first-order valence-corrected chi connectivity index (χ1v) is 9.03. The zero-order chi connectivity index (χ0) is 16.2. The van der Waals surface area contributed by atoms with Crippen LogP contribution in [0.2, 0.25) is 0 Å². The Hall–Kier alpha value is -0.970. The monoisotopic (exact) mass is 345 g/mol. The van der Waals surface area contributed by atoms with Gasteiger partial charge in [-0.25, -0.2) is 0 Å². The molecule has 1 aliphatic carbocycles. The highest BCUT2D eigenvalue weighted by Crippen LogP contribution is 2.21. The maximum absolute atomic E-state index is 8.11. The molecule has 1 fully saturated rings. The number of nitrogens with one attached hydrogen (secondary N) is 2. The summed E-state index contributed by atoms with van der Waals surface area (Å²) in [7, 11) is 1.98. The largest absolute Gasteiger partial charge is 0.370 e. The van der Waals surface area contributed by atoms with Crippen molar-refractivity contribution < 1.29 is 0 Å². The third kappa shape index (κ3) is 9.69. The normalized spacial score (nSPS) is 15.8. The van der Waals surface area contributed by atoms with E-state index in [9.17, 15) is 0 Å². The number of rotatable bonds is 8. The van der Waals surface area contributed by atoms with E-state index in [2.05, 4.69) is 17.2 Å². The van der Waals surface area contributed by atoms with Gasteiger partial charge >= 0.3 is 0 Å². The Bertz CT molecular complexity index is 340. The lowest BCUT2D eigenvalue weighted by Gasteiger charge is -2.32. The lowest BCUT2D eigenvalue weighted by Crippen LogP contribution is -2.49. The standard InChI is InChI=1S/C17H35N5.ClH/c1-3-4-5-6-7-11-14-20-16(18)21-17(19)22(2)15-12-9-8-10-13-15;/h15H,3-14H2,1-2H3,(H4,18,19,20,21);1H. The Labute approximate surface area is 148 Å². The van der Waals surface area contributed by atoms with Crippen LogP contribution in [0.1, 0.15) is 77.6 Å². The van der Waals surface area contributed by atoms with E-state index in [4.69, 9.17) is 11.1 Å². The van der Waals surface area contributed by atoms with Gasteiger partial charge in [0.05, 0.1) is 0 Å². The SMILES string of the molecule is CCCCCCCCN=C(N)NC(=N)N(C)C1CCCCC1.Cl. The van der Waals surface area contributed by atoms with E-state index >= 15 is 0 Å². The molecule has 0 aromatic heterocycles. The molecule has 0 atom stereocenters. The summed E-state index contributed by atoms with van der Waals surface area (Å²) in [4.78, 5) is 6.33. The molecule has 1 rings (SSSR count). The predicted molar refractivity (Wildman–Crippen MR) is 103 cm³/mol. The van der Waals surface area contributed by atoms with Crippen LogP contribution in [0.25, 0.3) is 0 Å².